The van der Waals surface area contributed by atoms with Crippen molar-refractivity contribution < 1.29 is 0 Å². The van der Waals surface area contributed by atoms with Crippen LogP contribution in [0.25, 0.3) is 0 Å². The Morgan fingerprint density at radius 2 is 1.89 bits per heavy atom. The first-order valence-electron chi connectivity index (χ1n) is 6.17. The molecule has 100 valence electrons. The molecule has 0 saturated carbocycles. The lowest BCUT2D eigenvalue weighted by Gasteiger charge is -2.17. The molecule has 0 aliphatic rings. The van der Waals surface area contributed by atoms with E-state index in [1.165, 1.54) is 11.1 Å². The summed E-state index contributed by atoms with van der Waals surface area (Å²) in [6, 6.07) is 14.4. The lowest BCUT2D eigenvalue weighted by Crippen LogP contribution is -2.06. The molecule has 19 heavy (non-hydrogen) atoms. The van der Waals surface area contributed by atoms with Crippen LogP contribution in [-0.4, -0.2) is 5.88 Å². The van der Waals surface area contributed by atoms with Crippen molar-refractivity contribution in [3.63, 3.8) is 0 Å². The van der Waals surface area contributed by atoms with E-state index in [0.717, 1.165) is 21.5 Å². The minimum atomic E-state index is 0.262. The second-order valence-electron chi connectivity index (χ2n) is 4.67. The van der Waals surface area contributed by atoms with Gasteiger partial charge in [0.15, 0.2) is 0 Å². The Morgan fingerprint density at radius 1 is 1.16 bits per heavy atom. The van der Waals surface area contributed by atoms with Gasteiger partial charge in [0.2, 0.25) is 0 Å². The molecule has 0 fully saturated rings. The van der Waals surface area contributed by atoms with Gasteiger partial charge in [0.1, 0.15) is 0 Å². The Bertz CT molecular complexity index is 566. The summed E-state index contributed by atoms with van der Waals surface area (Å²) in [5.74, 6) is 0.838. The molecule has 0 bridgehead atoms. The number of rotatable bonds is 4. The van der Waals surface area contributed by atoms with Crippen molar-refractivity contribution in [2.24, 2.45) is 0 Å². The number of hydrogen-bond donors (Lipinski definition) is 0. The maximum absolute atomic E-state index is 6.30. The Labute approximate surface area is 132 Å². The molecule has 0 nitrogen and oxygen atoms in total. The van der Waals surface area contributed by atoms with Crippen LogP contribution in [0.2, 0.25) is 5.02 Å². The van der Waals surface area contributed by atoms with Crippen molar-refractivity contribution in [1.29, 1.82) is 0 Å². The van der Waals surface area contributed by atoms with E-state index in [-0.39, 0.29) is 5.92 Å². The molecule has 0 N–H and O–H groups in total. The van der Waals surface area contributed by atoms with Gasteiger partial charge >= 0.3 is 0 Å². The predicted molar refractivity (Wildman–Crippen MR) is 87.5 cm³/mol. The summed E-state index contributed by atoms with van der Waals surface area (Å²) in [6.45, 7) is 2.04. The van der Waals surface area contributed by atoms with E-state index in [4.69, 9.17) is 23.2 Å². The van der Waals surface area contributed by atoms with Crippen molar-refractivity contribution in [2.75, 3.05) is 5.88 Å². The molecule has 2 aromatic rings. The first-order valence-corrected chi connectivity index (χ1v) is 7.87. The standard InChI is InChI=1S/C16H15BrCl2/c1-11-6-7-12(16(19)8-11)9-13(10-18)14-4-2-3-5-15(14)17/h2-8,13H,9-10H2,1H3. The van der Waals surface area contributed by atoms with Crippen LogP contribution in [0, 0.1) is 6.92 Å². The zero-order chi connectivity index (χ0) is 13.8. The van der Waals surface area contributed by atoms with Crippen LogP contribution in [0.5, 0.6) is 0 Å². The third kappa shape index (κ3) is 3.75. The minimum Gasteiger partial charge on any atom is -0.126 e. The van der Waals surface area contributed by atoms with Crippen LogP contribution >= 0.6 is 39.1 Å². The third-order valence-corrected chi connectivity index (χ3v) is 4.65. The number of benzene rings is 2. The van der Waals surface area contributed by atoms with Crippen LogP contribution < -0.4 is 0 Å². The monoisotopic (exact) mass is 356 g/mol. The van der Waals surface area contributed by atoms with E-state index >= 15 is 0 Å². The summed E-state index contributed by atoms with van der Waals surface area (Å²) >= 11 is 16.0. The highest BCUT2D eigenvalue weighted by Gasteiger charge is 2.15. The van der Waals surface area contributed by atoms with Gasteiger partial charge in [0.05, 0.1) is 0 Å². The molecular weight excluding hydrogens is 343 g/mol. The maximum atomic E-state index is 6.30. The zero-order valence-corrected chi connectivity index (χ0v) is 13.8. The van der Waals surface area contributed by atoms with Crippen LogP contribution in [0.1, 0.15) is 22.6 Å². The van der Waals surface area contributed by atoms with Crippen molar-refractivity contribution in [3.05, 3.63) is 68.7 Å². The van der Waals surface area contributed by atoms with Gasteiger partial charge < -0.3 is 0 Å². The van der Waals surface area contributed by atoms with Crippen molar-refractivity contribution in [1.82, 2.24) is 0 Å². The Hall–Kier alpha value is -0.500. The normalized spacial score (nSPS) is 12.4. The molecule has 0 aliphatic heterocycles. The van der Waals surface area contributed by atoms with E-state index in [1.807, 2.05) is 31.2 Å². The number of halogens is 3. The molecule has 1 atom stereocenters. The Kier molecular flexibility index (Phi) is 5.32. The summed E-state index contributed by atoms with van der Waals surface area (Å²) in [5, 5.41) is 0.821. The fourth-order valence-corrected chi connectivity index (χ4v) is 3.33. The van der Waals surface area contributed by atoms with Crippen molar-refractivity contribution in [2.45, 2.75) is 19.3 Å². The van der Waals surface area contributed by atoms with Gasteiger partial charge in [-0.15, -0.1) is 11.6 Å². The molecule has 0 aliphatic carbocycles. The molecule has 0 amide bonds. The Balaban J connectivity index is 2.27. The van der Waals surface area contributed by atoms with Crippen molar-refractivity contribution in [3.8, 4) is 0 Å². The summed E-state index contributed by atoms with van der Waals surface area (Å²) in [6.07, 6.45) is 0.852. The fourth-order valence-electron chi connectivity index (χ4n) is 2.14. The fraction of sp³-hybridized carbons (Fsp3) is 0.250. The quantitative estimate of drug-likeness (QED) is 0.590. The number of aryl methyl sites for hydroxylation is 1. The average molecular weight is 358 g/mol. The van der Waals surface area contributed by atoms with E-state index in [1.54, 1.807) is 0 Å². The van der Waals surface area contributed by atoms with Gasteiger partial charge in [-0.05, 0) is 42.2 Å². The maximum Gasteiger partial charge on any atom is 0.0440 e. The summed E-state index contributed by atoms with van der Waals surface area (Å²) in [4.78, 5) is 0. The summed E-state index contributed by atoms with van der Waals surface area (Å²) in [5.41, 5.74) is 3.56. The van der Waals surface area contributed by atoms with E-state index in [2.05, 4.69) is 34.1 Å². The lowest BCUT2D eigenvalue weighted by molar-refractivity contribution is 0.762. The Morgan fingerprint density at radius 3 is 2.53 bits per heavy atom. The zero-order valence-electron chi connectivity index (χ0n) is 10.7. The van der Waals surface area contributed by atoms with Gasteiger partial charge in [0.25, 0.3) is 0 Å². The summed E-state index contributed by atoms with van der Waals surface area (Å²) in [7, 11) is 0. The molecule has 0 radical (unpaired) electrons. The van der Waals surface area contributed by atoms with E-state index in [9.17, 15) is 0 Å². The first kappa shape index (κ1) is 14.9. The molecule has 0 aromatic heterocycles. The lowest BCUT2D eigenvalue weighted by atomic mass is 9.93. The second kappa shape index (κ2) is 6.78. The van der Waals surface area contributed by atoms with E-state index < -0.39 is 0 Å². The molecule has 3 heteroatoms. The highest BCUT2D eigenvalue weighted by Crippen LogP contribution is 2.31. The minimum absolute atomic E-state index is 0.262. The topological polar surface area (TPSA) is 0 Å². The molecule has 2 aromatic carbocycles. The highest BCUT2D eigenvalue weighted by molar-refractivity contribution is 9.10. The van der Waals surface area contributed by atoms with Crippen LogP contribution in [0.4, 0.5) is 0 Å². The van der Waals surface area contributed by atoms with E-state index in [0.29, 0.717) is 5.88 Å². The first-order chi connectivity index (χ1) is 9.11. The van der Waals surface area contributed by atoms with Gasteiger partial charge in [-0.3, -0.25) is 0 Å². The molecule has 0 heterocycles. The van der Waals surface area contributed by atoms with Crippen molar-refractivity contribution >= 4 is 39.1 Å². The molecule has 0 saturated heterocycles. The average Bonchev–Trinajstić information content (AvgIpc) is 2.39. The van der Waals surface area contributed by atoms with Gasteiger partial charge in [-0.1, -0.05) is 57.9 Å². The summed E-state index contributed by atoms with van der Waals surface area (Å²) < 4.78 is 1.10. The number of alkyl halides is 1. The van der Waals surface area contributed by atoms with Crippen LogP contribution in [0.3, 0.4) is 0 Å². The van der Waals surface area contributed by atoms with Crippen LogP contribution in [0.15, 0.2) is 46.9 Å². The van der Waals surface area contributed by atoms with Crippen LogP contribution in [-0.2, 0) is 6.42 Å². The number of hydrogen-bond acceptors (Lipinski definition) is 0. The smallest absolute Gasteiger partial charge is 0.0440 e. The highest BCUT2D eigenvalue weighted by atomic mass is 79.9. The third-order valence-electron chi connectivity index (χ3n) is 3.21. The SMILES string of the molecule is Cc1ccc(CC(CCl)c2ccccc2Br)c(Cl)c1. The molecule has 0 spiro atoms. The van der Waals surface area contributed by atoms with Gasteiger partial charge in [0, 0.05) is 21.3 Å². The van der Waals surface area contributed by atoms with Gasteiger partial charge in [-0.2, -0.15) is 0 Å². The van der Waals surface area contributed by atoms with Gasteiger partial charge in [-0.25, -0.2) is 0 Å². The molecule has 2 rings (SSSR count). The largest absolute Gasteiger partial charge is 0.126 e. The molecular formula is C16H15BrCl2. The molecule has 1 unspecified atom stereocenters. The predicted octanol–water partition coefficient (Wildman–Crippen LogP) is 5.98. The second-order valence-corrected chi connectivity index (χ2v) is 6.24.